The van der Waals surface area contributed by atoms with Gasteiger partial charge in [-0.1, -0.05) is 18.2 Å². The Hall–Kier alpha value is -1.20. The molecule has 0 radical (unpaired) electrons. The number of hydrogen-bond donors (Lipinski definition) is 2. The number of aliphatic hydroxyl groups is 1. The van der Waals surface area contributed by atoms with E-state index in [4.69, 9.17) is 9.84 Å². The zero-order valence-electron chi connectivity index (χ0n) is 11.9. The van der Waals surface area contributed by atoms with Gasteiger partial charge in [-0.15, -0.1) is 0 Å². The highest BCUT2D eigenvalue weighted by atomic mass is 32.2. The number of amides is 1. The lowest BCUT2D eigenvalue weighted by Gasteiger charge is -2.09. The first-order valence-corrected chi connectivity index (χ1v) is 8.03. The molecule has 5 heteroatoms. The molecule has 0 aliphatic rings. The van der Waals surface area contributed by atoms with Gasteiger partial charge in [-0.05, 0) is 30.7 Å². The van der Waals surface area contributed by atoms with Crippen LogP contribution in [0.1, 0.15) is 18.4 Å². The van der Waals surface area contributed by atoms with Crippen LogP contribution in [-0.2, 0) is 4.79 Å². The molecule has 0 aliphatic carbocycles. The molecule has 0 aliphatic heterocycles. The summed E-state index contributed by atoms with van der Waals surface area (Å²) in [4.78, 5) is 11.6. The molecule has 0 fully saturated rings. The standard InChI is InChI=1S/C15H23NO3S/c1-13-5-2-3-6-14(13)19-10-7-15(18)16-8-12-20-11-4-9-17/h2-3,5-6,17H,4,7-12H2,1H3,(H,16,18). The number of aryl methyl sites for hydroxylation is 1. The van der Waals surface area contributed by atoms with Crippen molar-refractivity contribution in [2.75, 3.05) is 31.3 Å². The zero-order valence-corrected chi connectivity index (χ0v) is 12.7. The van der Waals surface area contributed by atoms with E-state index in [2.05, 4.69) is 5.32 Å². The van der Waals surface area contributed by atoms with Gasteiger partial charge in [0.15, 0.2) is 0 Å². The lowest BCUT2D eigenvalue weighted by Crippen LogP contribution is -2.27. The van der Waals surface area contributed by atoms with Crippen LogP contribution in [-0.4, -0.2) is 42.3 Å². The first-order valence-electron chi connectivity index (χ1n) is 6.87. The summed E-state index contributed by atoms with van der Waals surface area (Å²) in [5.41, 5.74) is 1.08. The topological polar surface area (TPSA) is 58.6 Å². The Morgan fingerprint density at radius 3 is 2.90 bits per heavy atom. The van der Waals surface area contributed by atoms with Crippen LogP contribution >= 0.6 is 11.8 Å². The fourth-order valence-electron chi connectivity index (χ4n) is 1.59. The minimum absolute atomic E-state index is 0.0151. The molecule has 1 rings (SSSR count). The molecule has 0 spiro atoms. The van der Waals surface area contributed by atoms with E-state index in [9.17, 15) is 4.79 Å². The maximum Gasteiger partial charge on any atom is 0.223 e. The number of ether oxygens (including phenoxy) is 1. The number of nitrogens with one attached hydrogen (secondary N) is 1. The Labute approximate surface area is 124 Å². The molecule has 0 aromatic heterocycles. The second-order valence-corrected chi connectivity index (χ2v) is 5.63. The predicted molar refractivity (Wildman–Crippen MR) is 83.3 cm³/mol. The molecule has 4 nitrogen and oxygen atoms in total. The first kappa shape index (κ1) is 16.9. The molecule has 0 bridgehead atoms. The van der Waals surface area contributed by atoms with E-state index in [0.29, 0.717) is 19.6 Å². The number of thioether (sulfide) groups is 1. The largest absolute Gasteiger partial charge is 0.493 e. The van der Waals surface area contributed by atoms with E-state index in [0.717, 1.165) is 29.2 Å². The SMILES string of the molecule is Cc1ccccc1OCCC(=O)NCCSCCCO. The second kappa shape index (κ2) is 10.6. The molecule has 0 unspecified atom stereocenters. The second-order valence-electron chi connectivity index (χ2n) is 4.40. The lowest BCUT2D eigenvalue weighted by atomic mass is 10.2. The van der Waals surface area contributed by atoms with Crippen LogP contribution in [0, 0.1) is 6.92 Å². The van der Waals surface area contributed by atoms with Crippen molar-refractivity contribution in [1.82, 2.24) is 5.32 Å². The van der Waals surface area contributed by atoms with Crippen molar-refractivity contribution in [2.45, 2.75) is 19.8 Å². The molecule has 0 atom stereocenters. The highest BCUT2D eigenvalue weighted by Crippen LogP contribution is 2.16. The third-order valence-corrected chi connectivity index (χ3v) is 3.77. The average molecular weight is 297 g/mol. The number of rotatable bonds is 10. The fourth-order valence-corrected chi connectivity index (χ4v) is 2.38. The molecular formula is C15H23NO3S. The average Bonchev–Trinajstić information content (AvgIpc) is 2.45. The third-order valence-electron chi connectivity index (χ3n) is 2.70. The summed E-state index contributed by atoms with van der Waals surface area (Å²) in [6.45, 7) is 3.28. The zero-order chi connectivity index (χ0) is 14.6. The Balaban J connectivity index is 2.04. The van der Waals surface area contributed by atoms with Crippen LogP contribution in [0.5, 0.6) is 5.75 Å². The summed E-state index contributed by atoms with van der Waals surface area (Å²) in [5, 5.41) is 11.5. The Bertz CT molecular complexity index is 398. The van der Waals surface area contributed by atoms with Crippen LogP contribution in [0.2, 0.25) is 0 Å². The van der Waals surface area contributed by atoms with Crippen LogP contribution in [0.4, 0.5) is 0 Å². The maximum atomic E-state index is 11.6. The quantitative estimate of drug-likeness (QED) is 0.649. The van der Waals surface area contributed by atoms with E-state index in [-0.39, 0.29) is 12.5 Å². The van der Waals surface area contributed by atoms with Crippen LogP contribution in [0.3, 0.4) is 0 Å². The van der Waals surface area contributed by atoms with Gasteiger partial charge in [0.05, 0.1) is 13.0 Å². The van der Waals surface area contributed by atoms with Gasteiger partial charge in [0.2, 0.25) is 5.91 Å². The summed E-state index contributed by atoms with van der Waals surface area (Å²) in [7, 11) is 0. The number of para-hydroxylation sites is 1. The summed E-state index contributed by atoms with van der Waals surface area (Å²) in [6, 6.07) is 7.78. The van der Waals surface area contributed by atoms with Crippen molar-refractivity contribution in [2.24, 2.45) is 0 Å². The van der Waals surface area contributed by atoms with E-state index in [1.165, 1.54) is 0 Å². The highest BCUT2D eigenvalue weighted by Gasteiger charge is 2.02. The van der Waals surface area contributed by atoms with Crippen molar-refractivity contribution in [3.8, 4) is 5.75 Å². The van der Waals surface area contributed by atoms with Crippen molar-refractivity contribution in [3.63, 3.8) is 0 Å². The van der Waals surface area contributed by atoms with E-state index >= 15 is 0 Å². The van der Waals surface area contributed by atoms with E-state index < -0.39 is 0 Å². The fraction of sp³-hybridized carbons (Fsp3) is 0.533. The van der Waals surface area contributed by atoms with Gasteiger partial charge in [-0.3, -0.25) is 4.79 Å². The molecule has 0 heterocycles. The molecule has 112 valence electrons. The summed E-state index contributed by atoms with van der Waals surface area (Å²) < 4.78 is 5.57. The van der Waals surface area contributed by atoms with Crippen LogP contribution in [0.25, 0.3) is 0 Å². The third kappa shape index (κ3) is 7.40. The molecule has 1 amide bonds. The van der Waals surface area contributed by atoms with Crippen LogP contribution in [0.15, 0.2) is 24.3 Å². The normalized spacial score (nSPS) is 10.3. The maximum absolute atomic E-state index is 11.6. The smallest absolute Gasteiger partial charge is 0.223 e. The van der Waals surface area contributed by atoms with Gasteiger partial charge in [0, 0.05) is 18.9 Å². The van der Waals surface area contributed by atoms with Crippen molar-refractivity contribution in [3.05, 3.63) is 29.8 Å². The first-order chi connectivity index (χ1) is 9.74. The van der Waals surface area contributed by atoms with E-state index in [1.54, 1.807) is 11.8 Å². The van der Waals surface area contributed by atoms with Gasteiger partial charge >= 0.3 is 0 Å². The summed E-state index contributed by atoms with van der Waals surface area (Å²) >= 11 is 1.74. The minimum Gasteiger partial charge on any atom is -0.493 e. The van der Waals surface area contributed by atoms with Gasteiger partial charge < -0.3 is 15.2 Å². The molecule has 2 N–H and O–H groups in total. The molecule has 0 saturated heterocycles. The van der Waals surface area contributed by atoms with Gasteiger partial charge in [0.25, 0.3) is 0 Å². The Kier molecular flexibility index (Phi) is 8.91. The number of carbonyl (C=O) groups excluding carboxylic acids is 1. The Morgan fingerprint density at radius 2 is 2.15 bits per heavy atom. The van der Waals surface area contributed by atoms with Gasteiger partial charge in [-0.25, -0.2) is 0 Å². The molecule has 0 saturated carbocycles. The highest BCUT2D eigenvalue weighted by molar-refractivity contribution is 7.99. The number of benzene rings is 1. The number of hydrogen-bond acceptors (Lipinski definition) is 4. The molecule has 1 aromatic rings. The van der Waals surface area contributed by atoms with Crippen LogP contribution < -0.4 is 10.1 Å². The van der Waals surface area contributed by atoms with E-state index in [1.807, 2.05) is 31.2 Å². The van der Waals surface area contributed by atoms with Gasteiger partial charge in [0.1, 0.15) is 5.75 Å². The van der Waals surface area contributed by atoms with Crippen molar-refractivity contribution >= 4 is 17.7 Å². The monoisotopic (exact) mass is 297 g/mol. The van der Waals surface area contributed by atoms with Crippen molar-refractivity contribution < 1.29 is 14.6 Å². The lowest BCUT2D eigenvalue weighted by molar-refractivity contribution is -0.121. The molecule has 20 heavy (non-hydrogen) atoms. The molecular weight excluding hydrogens is 274 g/mol. The summed E-state index contributed by atoms with van der Waals surface area (Å²) in [6.07, 6.45) is 1.18. The minimum atomic E-state index is 0.0151. The summed E-state index contributed by atoms with van der Waals surface area (Å²) in [5.74, 6) is 2.66. The predicted octanol–water partition coefficient (Wildman–Crippen LogP) is 2.00. The van der Waals surface area contributed by atoms with Crippen molar-refractivity contribution in [1.29, 1.82) is 0 Å². The number of aliphatic hydroxyl groups excluding tert-OH is 1. The number of carbonyl (C=O) groups is 1. The molecule has 1 aromatic carbocycles. The Morgan fingerprint density at radius 1 is 1.35 bits per heavy atom. The van der Waals surface area contributed by atoms with Gasteiger partial charge in [-0.2, -0.15) is 11.8 Å².